The zero-order valence-electron chi connectivity index (χ0n) is 43.9. The van der Waals surface area contributed by atoms with Crippen LogP contribution < -0.4 is 46.3 Å². The third-order valence-electron chi connectivity index (χ3n) is 12.0. The summed E-state index contributed by atoms with van der Waals surface area (Å²) in [7, 11) is -9.39. The minimum atomic E-state index is -4.82. The number of nitrogens with one attached hydrogen (secondary N) is 5. The van der Waals surface area contributed by atoms with E-state index >= 15 is 0 Å². The second kappa shape index (κ2) is 24.3. The number of rotatable bonds is 22. The van der Waals surface area contributed by atoms with Crippen LogP contribution in [0.15, 0.2) is 84.0 Å². The molecule has 4 aromatic carbocycles. The van der Waals surface area contributed by atoms with Crippen molar-refractivity contribution in [3.8, 4) is 29.1 Å². The normalized spacial score (nSPS) is 14.9. The van der Waals surface area contributed by atoms with Crippen LogP contribution in [0, 0.1) is 17.8 Å². The summed E-state index contributed by atoms with van der Waals surface area (Å²) < 4.78 is 94.7. The Hall–Kier alpha value is -8.08. The number of amides is 3. The topological polar surface area (TPSA) is 348 Å². The first kappa shape index (κ1) is 58.6. The van der Waals surface area contributed by atoms with E-state index in [1.807, 2.05) is 13.8 Å². The largest absolute Gasteiger partial charge is 0.748 e. The van der Waals surface area contributed by atoms with Crippen molar-refractivity contribution in [3.63, 3.8) is 0 Å². The molecule has 0 aromatic heterocycles. The average Bonchev–Trinajstić information content (AvgIpc) is 3.53. The zero-order chi connectivity index (χ0) is 57.5. The summed E-state index contributed by atoms with van der Waals surface area (Å²) in [6, 6.07) is 16.4. The van der Waals surface area contributed by atoms with Gasteiger partial charge >= 0.3 is 5.97 Å². The first-order valence-electron chi connectivity index (χ1n) is 24.6. The van der Waals surface area contributed by atoms with Gasteiger partial charge in [0.05, 0.1) is 58.4 Å². The van der Waals surface area contributed by atoms with E-state index < -0.39 is 66.8 Å². The lowest BCUT2D eigenvalue weighted by Crippen LogP contribution is -2.89. The van der Waals surface area contributed by atoms with E-state index in [0.717, 1.165) is 0 Å². The van der Waals surface area contributed by atoms with Crippen molar-refractivity contribution in [2.45, 2.75) is 58.8 Å². The van der Waals surface area contributed by atoms with Crippen molar-refractivity contribution in [2.24, 2.45) is 11.0 Å². The van der Waals surface area contributed by atoms with E-state index in [0.29, 0.717) is 22.2 Å². The molecule has 1 atom stereocenters. The maximum atomic E-state index is 13.9. The smallest absolute Gasteiger partial charge is 0.336 e. The summed E-state index contributed by atoms with van der Waals surface area (Å²) in [5.74, 6) is 2.00. The van der Waals surface area contributed by atoms with E-state index in [4.69, 9.17) is 24.5 Å². The van der Waals surface area contributed by atoms with Crippen LogP contribution in [0.5, 0.6) is 17.2 Å². The van der Waals surface area contributed by atoms with Crippen LogP contribution in [0.2, 0.25) is 0 Å². The van der Waals surface area contributed by atoms with Gasteiger partial charge in [-0.25, -0.2) is 18.2 Å². The Kier molecular flexibility index (Phi) is 18.0. The van der Waals surface area contributed by atoms with Crippen molar-refractivity contribution in [1.29, 1.82) is 0 Å². The number of ether oxygens (including phenoxy) is 4. The molecule has 0 aliphatic carbocycles. The Morgan fingerprint density at radius 3 is 2.24 bits per heavy atom. The molecular weight excluding hydrogens is 1060 g/mol. The highest BCUT2D eigenvalue weighted by Gasteiger charge is 2.34. The number of fused-ring (bicyclic) bond motifs is 4. The van der Waals surface area contributed by atoms with Crippen LogP contribution in [0.1, 0.15) is 94.9 Å². The van der Waals surface area contributed by atoms with E-state index in [-0.39, 0.29) is 125 Å². The third kappa shape index (κ3) is 15.8. The Morgan fingerprint density at radius 1 is 0.861 bits per heavy atom. The van der Waals surface area contributed by atoms with Crippen LogP contribution in [-0.4, -0.2) is 130 Å². The number of azide groups is 1. The van der Waals surface area contributed by atoms with Crippen LogP contribution in [-0.2, 0) is 34.5 Å². The number of aromatic carboxylic acids is 1. The summed E-state index contributed by atoms with van der Waals surface area (Å²) in [4.78, 5) is 58.4. The van der Waals surface area contributed by atoms with E-state index in [1.165, 1.54) is 30.3 Å². The van der Waals surface area contributed by atoms with Gasteiger partial charge < -0.3 is 49.9 Å². The number of carboxylic acid groups (broad SMARTS) is 1. The van der Waals surface area contributed by atoms with Gasteiger partial charge in [0, 0.05) is 82.6 Å². The molecule has 4 aromatic rings. The van der Waals surface area contributed by atoms with E-state index in [9.17, 15) is 50.2 Å². The molecule has 0 radical (unpaired) electrons. The number of carbonyl (C=O) groups excluding carboxylic acids is 3. The number of carboxylic acids is 1. The fourth-order valence-corrected chi connectivity index (χ4v) is 10.2. The number of nitrogens with zero attached hydrogens (tertiary/aromatic N) is 3. The van der Waals surface area contributed by atoms with Gasteiger partial charge in [0.25, 0.3) is 21.9 Å². The van der Waals surface area contributed by atoms with Crippen molar-refractivity contribution in [3.05, 3.63) is 139 Å². The van der Waals surface area contributed by atoms with Crippen LogP contribution in [0.4, 0.5) is 5.69 Å². The number of hydrogen-bond donors (Lipinski definition) is 7. The molecule has 25 heteroatoms. The highest BCUT2D eigenvalue weighted by atomic mass is 32.2. The zero-order valence-corrected chi connectivity index (χ0v) is 45.5. The molecule has 3 aliphatic heterocycles. The van der Waals surface area contributed by atoms with Crippen LogP contribution in [0.3, 0.4) is 0 Å². The first-order valence-corrected chi connectivity index (χ1v) is 27.8. The molecule has 23 nitrogen and oxygen atoms in total. The van der Waals surface area contributed by atoms with Gasteiger partial charge in [0.2, 0.25) is 11.3 Å². The fraction of sp³-hybridized carbons (Fsp3) is 0.352. The fourth-order valence-electron chi connectivity index (χ4n) is 8.99. The first-order chi connectivity index (χ1) is 37.2. The molecule has 3 amide bonds. The maximum Gasteiger partial charge on any atom is 0.336 e. The Bertz CT molecular complexity index is 3670. The molecule has 7 N–H and O–H groups in total. The molecule has 0 spiro atoms. The van der Waals surface area contributed by atoms with Gasteiger partial charge in [-0.15, -0.1) is 0 Å². The molecule has 0 fully saturated rings. The Labute approximate surface area is 455 Å². The second-order valence-corrected chi connectivity index (χ2v) is 22.8. The number of hydrogen-bond acceptors (Lipinski definition) is 15. The summed E-state index contributed by atoms with van der Waals surface area (Å²) in [6.45, 7) is 10.6. The molecule has 0 bridgehead atoms. The number of benzene rings is 4. The quantitative estimate of drug-likeness (QED) is 0.0131. The minimum absolute atomic E-state index is 0.00324. The standard InChI is InChI=1S/C54H58N8O15S2/c1-31(2)9-8-14-56-47(63)27-74-17-18-75-48(61-62-55)28-76-36-11-7-10-32(19-36)50(64)57-15-16-58-51(65)33-12-13-37(52(66)67)40(20-33)49-41-21-38-34(29-78(68,69)70)25-53(3,4)59-43(38)23-45(41)77-46-24-44-39(22-42(46)49)35(30-79(71,72)73)26-54(5,6)60-44/h7,10-13,19-26,31,48,59H,14-18,27-30H2,1-6H3,(H,56,63)(H,57,64)(H,58,65)(H,66,67)(H,68,69,70)(H,71,72,73). The molecule has 3 aliphatic rings. The minimum Gasteiger partial charge on any atom is -0.748 e. The number of anilines is 1. The van der Waals surface area contributed by atoms with E-state index in [2.05, 4.69) is 48.1 Å². The van der Waals surface area contributed by atoms with Crippen molar-refractivity contribution < 1.29 is 74.2 Å². The highest BCUT2D eigenvalue weighted by Crippen LogP contribution is 2.45. The molecule has 7 rings (SSSR count). The van der Waals surface area contributed by atoms with Gasteiger partial charge in [-0.2, -0.15) is 8.42 Å². The SMILES string of the molecule is CC(C)C#CCNC(=O)COCCOC(COc1cccc(C(=O)NCCNC(=O)c2ccc(C(=O)O)c(C3=c4cc5c(cc4Oc4cc6c(cc43)C(CS(=O)(=O)[O-])=CC(C)(C)N6)=[NH+]C(C)(C)C=C5CS(=O)(=O)O)c2)c1)N=[N+]=[N-]. The lowest BCUT2D eigenvalue weighted by molar-refractivity contribution is -0.568. The highest BCUT2D eigenvalue weighted by molar-refractivity contribution is 7.86. The van der Waals surface area contributed by atoms with Gasteiger partial charge in [-0.1, -0.05) is 42.9 Å². The number of carbonyl (C=O) groups is 4. The molecule has 79 heavy (non-hydrogen) atoms. The maximum absolute atomic E-state index is 13.9. The van der Waals surface area contributed by atoms with Gasteiger partial charge in [-0.3, -0.25) is 18.9 Å². The van der Waals surface area contributed by atoms with Gasteiger partial charge in [-0.05, 0) is 90.7 Å². The molecule has 1 unspecified atom stereocenters. The monoisotopic (exact) mass is 1120 g/mol. The van der Waals surface area contributed by atoms with Gasteiger partial charge in [0.15, 0.2) is 11.8 Å². The summed E-state index contributed by atoms with van der Waals surface area (Å²) in [5, 5.41) is 26.3. The lowest BCUT2D eigenvalue weighted by atomic mass is 9.84. The molecule has 416 valence electrons. The summed E-state index contributed by atoms with van der Waals surface area (Å²) in [5.41, 5.74) is 9.20. The third-order valence-corrected chi connectivity index (χ3v) is 13.4. The molecule has 0 saturated carbocycles. The second-order valence-electron chi connectivity index (χ2n) is 20.0. The average molecular weight is 1120 g/mol. The Morgan fingerprint density at radius 2 is 1.57 bits per heavy atom. The van der Waals surface area contributed by atoms with Crippen LogP contribution in [0.25, 0.3) is 27.2 Å². The Balaban J connectivity index is 1.10. The lowest BCUT2D eigenvalue weighted by Gasteiger charge is -2.34. The van der Waals surface area contributed by atoms with Crippen molar-refractivity contribution >= 4 is 66.3 Å². The van der Waals surface area contributed by atoms with Gasteiger partial charge in [0.1, 0.15) is 36.2 Å². The van der Waals surface area contributed by atoms with E-state index in [1.54, 1.807) is 76.2 Å². The van der Waals surface area contributed by atoms with Crippen LogP contribution >= 0.6 is 0 Å². The summed E-state index contributed by atoms with van der Waals surface area (Å²) >= 11 is 0. The predicted molar refractivity (Wildman–Crippen MR) is 288 cm³/mol. The molecule has 0 saturated heterocycles. The molecule has 3 heterocycles. The summed E-state index contributed by atoms with van der Waals surface area (Å²) in [6.07, 6.45) is 2.17. The van der Waals surface area contributed by atoms with Crippen molar-refractivity contribution in [2.75, 3.05) is 62.9 Å². The van der Waals surface area contributed by atoms with Crippen molar-refractivity contribution in [1.82, 2.24) is 16.0 Å². The predicted octanol–water partition coefficient (Wildman–Crippen LogP) is 2.62. The molecular formula is C54H58N8O15S2.